The first kappa shape index (κ1) is 17.0. The molecule has 3 atom stereocenters. The maximum Gasteiger partial charge on any atom is 0.254 e. The van der Waals surface area contributed by atoms with Gasteiger partial charge in [0.25, 0.3) is 5.91 Å². The molecule has 0 aliphatic carbocycles. The molecular formula is C16H27N3O3. The zero-order valence-electron chi connectivity index (χ0n) is 13.7. The molecule has 6 heteroatoms. The van der Waals surface area contributed by atoms with E-state index in [2.05, 4.69) is 24.3 Å². The summed E-state index contributed by atoms with van der Waals surface area (Å²) in [6.45, 7) is 7.20. The molecule has 1 amide bonds. The summed E-state index contributed by atoms with van der Waals surface area (Å²) in [5.41, 5.74) is 0. The van der Waals surface area contributed by atoms with Gasteiger partial charge in [-0.05, 0) is 39.5 Å². The van der Waals surface area contributed by atoms with Gasteiger partial charge < -0.3 is 14.8 Å². The predicted molar refractivity (Wildman–Crippen MR) is 84.9 cm³/mol. The number of rotatable bonds is 7. The predicted octanol–water partition coefficient (Wildman–Crippen LogP) is 2.77. The Morgan fingerprint density at radius 2 is 2.36 bits per heavy atom. The average molecular weight is 309 g/mol. The Morgan fingerprint density at radius 3 is 3.05 bits per heavy atom. The van der Waals surface area contributed by atoms with Gasteiger partial charge in [-0.2, -0.15) is 5.10 Å². The molecule has 124 valence electrons. The van der Waals surface area contributed by atoms with Gasteiger partial charge in [-0.1, -0.05) is 6.92 Å². The highest BCUT2D eigenvalue weighted by Gasteiger charge is 2.20. The van der Waals surface area contributed by atoms with Gasteiger partial charge in [-0.3, -0.25) is 4.79 Å². The third kappa shape index (κ3) is 4.55. The Bertz CT molecular complexity index is 469. The lowest BCUT2D eigenvalue weighted by Gasteiger charge is -2.24. The molecule has 0 saturated carbocycles. The van der Waals surface area contributed by atoms with Gasteiger partial charge in [-0.25, -0.2) is 4.68 Å². The molecule has 1 fully saturated rings. The Kier molecular flexibility index (Phi) is 6.39. The number of anilines is 1. The van der Waals surface area contributed by atoms with E-state index in [1.807, 2.05) is 4.68 Å². The van der Waals surface area contributed by atoms with Crippen LogP contribution in [0.4, 0.5) is 5.82 Å². The third-order valence-corrected chi connectivity index (χ3v) is 4.11. The molecule has 0 bridgehead atoms. The second-order valence-corrected chi connectivity index (χ2v) is 5.87. The normalized spacial score (nSPS) is 21.3. The molecule has 1 N–H and O–H groups in total. The first-order chi connectivity index (χ1) is 10.6. The topological polar surface area (TPSA) is 65.4 Å². The first-order valence-electron chi connectivity index (χ1n) is 8.19. The highest BCUT2D eigenvalue weighted by atomic mass is 16.5. The number of aromatic nitrogens is 2. The van der Waals surface area contributed by atoms with Gasteiger partial charge in [0.15, 0.2) is 0 Å². The van der Waals surface area contributed by atoms with Crippen molar-refractivity contribution < 1.29 is 14.3 Å². The highest BCUT2D eigenvalue weighted by molar-refractivity contribution is 5.93. The minimum absolute atomic E-state index is 0.120. The number of carbonyl (C=O) groups excluding carboxylic acids is 1. The van der Waals surface area contributed by atoms with E-state index in [1.165, 1.54) is 6.42 Å². The lowest BCUT2D eigenvalue weighted by molar-refractivity contribution is -0.130. The van der Waals surface area contributed by atoms with Crippen molar-refractivity contribution in [1.82, 2.24) is 9.78 Å². The number of hydrogen-bond acceptors (Lipinski definition) is 4. The van der Waals surface area contributed by atoms with Crippen molar-refractivity contribution in [2.45, 2.75) is 64.7 Å². The zero-order valence-corrected chi connectivity index (χ0v) is 13.7. The fourth-order valence-corrected chi connectivity index (χ4v) is 2.43. The van der Waals surface area contributed by atoms with Crippen LogP contribution in [0.3, 0.4) is 0 Å². The molecule has 22 heavy (non-hydrogen) atoms. The SMILES string of the molecule is CCC(C)n1nccc1NC(=O)C(C)OCC1CCCCO1. The van der Waals surface area contributed by atoms with Crippen LogP contribution in [0.25, 0.3) is 0 Å². The van der Waals surface area contributed by atoms with Crippen molar-refractivity contribution in [3.05, 3.63) is 12.3 Å². The van der Waals surface area contributed by atoms with E-state index in [9.17, 15) is 4.79 Å². The van der Waals surface area contributed by atoms with Crippen molar-refractivity contribution >= 4 is 11.7 Å². The van der Waals surface area contributed by atoms with Gasteiger partial charge in [0.05, 0.1) is 24.9 Å². The summed E-state index contributed by atoms with van der Waals surface area (Å²) in [7, 11) is 0. The molecule has 1 aliphatic rings. The Morgan fingerprint density at radius 1 is 1.55 bits per heavy atom. The molecule has 3 unspecified atom stereocenters. The largest absolute Gasteiger partial charge is 0.376 e. The minimum Gasteiger partial charge on any atom is -0.376 e. The second-order valence-electron chi connectivity index (χ2n) is 5.87. The third-order valence-electron chi connectivity index (χ3n) is 4.11. The molecule has 0 radical (unpaired) electrons. The van der Waals surface area contributed by atoms with E-state index in [0.717, 1.165) is 25.9 Å². The standard InChI is InChI=1S/C16H27N3O3/c1-4-12(2)19-15(8-9-17-19)18-16(20)13(3)22-11-14-7-5-6-10-21-14/h8-9,12-14H,4-7,10-11H2,1-3H3,(H,18,20). The van der Waals surface area contributed by atoms with Crippen molar-refractivity contribution in [1.29, 1.82) is 0 Å². The van der Waals surface area contributed by atoms with Crippen molar-refractivity contribution in [2.24, 2.45) is 0 Å². The summed E-state index contributed by atoms with van der Waals surface area (Å²) in [4.78, 5) is 12.2. The van der Waals surface area contributed by atoms with Crippen molar-refractivity contribution in [3.63, 3.8) is 0 Å². The average Bonchev–Trinajstić information content (AvgIpc) is 3.00. The lowest BCUT2D eigenvalue weighted by Crippen LogP contribution is -2.33. The van der Waals surface area contributed by atoms with Crippen molar-refractivity contribution in [2.75, 3.05) is 18.5 Å². The van der Waals surface area contributed by atoms with E-state index in [-0.39, 0.29) is 18.1 Å². The molecule has 1 aromatic rings. The quantitative estimate of drug-likeness (QED) is 0.841. The van der Waals surface area contributed by atoms with Gasteiger partial charge in [0.1, 0.15) is 11.9 Å². The highest BCUT2D eigenvalue weighted by Crippen LogP contribution is 2.17. The van der Waals surface area contributed by atoms with Crippen LogP contribution in [0.15, 0.2) is 12.3 Å². The molecule has 0 aromatic carbocycles. The smallest absolute Gasteiger partial charge is 0.254 e. The number of nitrogens with one attached hydrogen (secondary N) is 1. The fraction of sp³-hybridized carbons (Fsp3) is 0.750. The molecule has 1 aliphatic heterocycles. The number of ether oxygens (including phenoxy) is 2. The van der Waals surface area contributed by atoms with Crippen molar-refractivity contribution in [3.8, 4) is 0 Å². The Hall–Kier alpha value is -1.40. The molecule has 1 aromatic heterocycles. The zero-order chi connectivity index (χ0) is 15.9. The van der Waals surface area contributed by atoms with Crippen LogP contribution >= 0.6 is 0 Å². The van der Waals surface area contributed by atoms with Crippen LogP contribution in [0.2, 0.25) is 0 Å². The van der Waals surface area contributed by atoms with Gasteiger partial charge in [0.2, 0.25) is 0 Å². The number of nitrogens with zero attached hydrogens (tertiary/aromatic N) is 2. The maximum absolute atomic E-state index is 12.2. The lowest BCUT2D eigenvalue weighted by atomic mass is 10.1. The van der Waals surface area contributed by atoms with E-state index in [4.69, 9.17) is 9.47 Å². The summed E-state index contributed by atoms with van der Waals surface area (Å²) < 4.78 is 13.1. The Balaban J connectivity index is 1.82. The monoisotopic (exact) mass is 309 g/mol. The number of carbonyl (C=O) groups is 1. The van der Waals surface area contributed by atoms with Crippen LogP contribution in [0.5, 0.6) is 0 Å². The van der Waals surface area contributed by atoms with Gasteiger partial charge >= 0.3 is 0 Å². The van der Waals surface area contributed by atoms with Crippen LogP contribution < -0.4 is 5.32 Å². The van der Waals surface area contributed by atoms with Crippen LogP contribution in [-0.2, 0) is 14.3 Å². The first-order valence-corrected chi connectivity index (χ1v) is 8.19. The van der Waals surface area contributed by atoms with E-state index in [0.29, 0.717) is 12.4 Å². The number of hydrogen-bond donors (Lipinski definition) is 1. The molecule has 1 saturated heterocycles. The maximum atomic E-state index is 12.2. The summed E-state index contributed by atoms with van der Waals surface area (Å²) in [5.74, 6) is 0.560. The minimum atomic E-state index is -0.509. The number of amides is 1. The molecule has 2 rings (SSSR count). The summed E-state index contributed by atoms with van der Waals surface area (Å²) in [6.07, 6.45) is 5.56. The molecule has 0 spiro atoms. The van der Waals surface area contributed by atoms with E-state index in [1.54, 1.807) is 19.2 Å². The van der Waals surface area contributed by atoms with Gasteiger partial charge in [-0.15, -0.1) is 0 Å². The summed E-state index contributed by atoms with van der Waals surface area (Å²) in [5, 5.41) is 7.15. The second kappa shape index (κ2) is 8.29. The molecular weight excluding hydrogens is 282 g/mol. The van der Waals surface area contributed by atoms with Crippen LogP contribution in [-0.4, -0.2) is 41.1 Å². The summed E-state index contributed by atoms with van der Waals surface area (Å²) in [6, 6.07) is 2.05. The molecule has 2 heterocycles. The van der Waals surface area contributed by atoms with Gasteiger partial charge in [0, 0.05) is 12.7 Å². The van der Waals surface area contributed by atoms with Crippen LogP contribution in [0, 0.1) is 0 Å². The summed E-state index contributed by atoms with van der Waals surface area (Å²) >= 11 is 0. The van der Waals surface area contributed by atoms with E-state index >= 15 is 0 Å². The van der Waals surface area contributed by atoms with Crippen LogP contribution in [0.1, 0.15) is 52.5 Å². The molecule has 6 nitrogen and oxygen atoms in total. The fourth-order valence-electron chi connectivity index (χ4n) is 2.43. The van der Waals surface area contributed by atoms with E-state index < -0.39 is 6.10 Å². The Labute approximate surface area is 132 Å².